The van der Waals surface area contributed by atoms with Crippen LogP contribution >= 0.6 is 0 Å². The first-order chi connectivity index (χ1) is 13.3. The van der Waals surface area contributed by atoms with Crippen LogP contribution in [0.25, 0.3) is 0 Å². The minimum atomic E-state index is -0.380. The summed E-state index contributed by atoms with van der Waals surface area (Å²) >= 11 is 0. The highest BCUT2D eigenvalue weighted by Gasteiger charge is 2.23. The molecule has 0 heterocycles. The first-order valence-corrected chi connectivity index (χ1v) is 9.59. The van der Waals surface area contributed by atoms with E-state index in [1.165, 1.54) is 11.1 Å². The van der Waals surface area contributed by atoms with E-state index >= 15 is 0 Å². The first-order valence-electron chi connectivity index (χ1n) is 9.59. The Hall–Kier alpha value is -2.78. The Bertz CT molecular complexity index is 878. The number of rotatable bonds is 6. The molecule has 0 saturated heterocycles. The molecule has 0 saturated carbocycles. The number of fused-ring (bicyclic) bond motifs is 1. The summed E-state index contributed by atoms with van der Waals surface area (Å²) in [5, 5.41) is 14.0. The lowest BCUT2D eigenvalue weighted by Crippen LogP contribution is -2.14. The summed E-state index contributed by atoms with van der Waals surface area (Å²) in [5.74, 6) is 0.850. The van der Waals surface area contributed by atoms with E-state index in [4.69, 9.17) is 4.74 Å². The second kappa shape index (κ2) is 8.28. The molecule has 1 aliphatic carbocycles. The van der Waals surface area contributed by atoms with Crippen molar-refractivity contribution in [2.75, 3.05) is 5.32 Å². The van der Waals surface area contributed by atoms with Gasteiger partial charge in [-0.15, -0.1) is 0 Å². The lowest BCUT2D eigenvalue weighted by Gasteiger charge is -2.26. The SMILES string of the molecule is OC1CCCc2c1ccc(OCc1ccccc1)c2NCc1ccccc1. The molecule has 3 heteroatoms. The van der Waals surface area contributed by atoms with Crippen LogP contribution in [-0.4, -0.2) is 5.11 Å². The fourth-order valence-corrected chi connectivity index (χ4v) is 3.69. The molecule has 1 unspecified atom stereocenters. The van der Waals surface area contributed by atoms with Crippen LogP contribution in [-0.2, 0) is 19.6 Å². The van der Waals surface area contributed by atoms with Gasteiger partial charge >= 0.3 is 0 Å². The average Bonchev–Trinajstić information content (AvgIpc) is 2.72. The van der Waals surface area contributed by atoms with Gasteiger partial charge in [0.25, 0.3) is 0 Å². The fourth-order valence-electron chi connectivity index (χ4n) is 3.69. The molecule has 1 aliphatic rings. The van der Waals surface area contributed by atoms with E-state index < -0.39 is 0 Å². The quantitative estimate of drug-likeness (QED) is 0.632. The predicted octanol–water partition coefficient (Wildman–Crippen LogP) is 5.25. The zero-order chi connectivity index (χ0) is 18.5. The monoisotopic (exact) mass is 359 g/mol. The summed E-state index contributed by atoms with van der Waals surface area (Å²) in [4.78, 5) is 0. The van der Waals surface area contributed by atoms with Crippen LogP contribution in [0.4, 0.5) is 5.69 Å². The summed E-state index contributed by atoms with van der Waals surface area (Å²) in [7, 11) is 0. The third-order valence-corrected chi connectivity index (χ3v) is 5.12. The largest absolute Gasteiger partial charge is 0.487 e. The van der Waals surface area contributed by atoms with Gasteiger partial charge in [-0.1, -0.05) is 66.7 Å². The molecule has 0 radical (unpaired) electrons. The van der Waals surface area contributed by atoms with Gasteiger partial charge in [0.15, 0.2) is 0 Å². The molecule has 3 aromatic rings. The van der Waals surface area contributed by atoms with Crippen molar-refractivity contribution in [3.8, 4) is 5.75 Å². The third kappa shape index (κ3) is 4.15. The Balaban J connectivity index is 1.61. The van der Waals surface area contributed by atoms with E-state index in [-0.39, 0.29) is 6.10 Å². The normalized spacial score (nSPS) is 15.8. The number of aliphatic hydroxyl groups is 1. The van der Waals surface area contributed by atoms with E-state index in [1.807, 2.05) is 48.5 Å². The number of nitrogens with one attached hydrogen (secondary N) is 1. The third-order valence-electron chi connectivity index (χ3n) is 5.12. The summed E-state index contributed by atoms with van der Waals surface area (Å²) < 4.78 is 6.17. The highest BCUT2D eigenvalue weighted by Crippen LogP contribution is 2.40. The van der Waals surface area contributed by atoms with Gasteiger partial charge in [0.05, 0.1) is 11.8 Å². The van der Waals surface area contributed by atoms with Crippen molar-refractivity contribution in [1.29, 1.82) is 0 Å². The summed E-state index contributed by atoms with van der Waals surface area (Å²) in [6, 6.07) is 24.6. The number of anilines is 1. The number of ether oxygens (including phenoxy) is 1. The van der Waals surface area contributed by atoms with Gasteiger partial charge in [0.1, 0.15) is 12.4 Å². The maximum Gasteiger partial charge on any atom is 0.143 e. The maximum atomic E-state index is 10.4. The molecule has 4 rings (SSSR count). The molecule has 0 amide bonds. The average molecular weight is 359 g/mol. The zero-order valence-electron chi connectivity index (χ0n) is 15.4. The van der Waals surface area contributed by atoms with Crippen LogP contribution < -0.4 is 10.1 Å². The first kappa shape index (κ1) is 17.6. The Labute approximate surface area is 160 Å². The molecule has 0 spiro atoms. The zero-order valence-corrected chi connectivity index (χ0v) is 15.4. The lowest BCUT2D eigenvalue weighted by molar-refractivity contribution is 0.156. The van der Waals surface area contributed by atoms with Crippen LogP contribution in [0.1, 0.15) is 41.2 Å². The molecule has 1 atom stereocenters. The molecular weight excluding hydrogens is 334 g/mol. The van der Waals surface area contributed by atoms with Crippen LogP contribution in [0.3, 0.4) is 0 Å². The summed E-state index contributed by atoms with van der Waals surface area (Å²) in [5.41, 5.74) is 5.61. The standard InChI is InChI=1S/C24H25NO2/c26-22-13-7-12-21-20(22)14-15-23(27-17-19-10-5-2-6-11-19)24(21)25-16-18-8-3-1-4-9-18/h1-6,8-11,14-15,22,25-26H,7,12-13,16-17H2. The lowest BCUT2D eigenvalue weighted by atomic mass is 9.88. The molecular formula is C24H25NO2. The number of benzene rings is 3. The Morgan fingerprint density at radius 2 is 1.59 bits per heavy atom. The molecule has 27 heavy (non-hydrogen) atoms. The second-order valence-corrected chi connectivity index (χ2v) is 7.03. The van der Waals surface area contributed by atoms with Crippen molar-refractivity contribution in [3.05, 3.63) is 95.1 Å². The number of hydrogen-bond acceptors (Lipinski definition) is 3. The maximum absolute atomic E-state index is 10.4. The highest BCUT2D eigenvalue weighted by molar-refractivity contribution is 5.65. The summed E-state index contributed by atoms with van der Waals surface area (Å²) in [6.07, 6.45) is 2.41. The van der Waals surface area contributed by atoms with Crippen molar-refractivity contribution in [3.63, 3.8) is 0 Å². The van der Waals surface area contributed by atoms with Crippen LogP contribution in [0.2, 0.25) is 0 Å². The van der Waals surface area contributed by atoms with Gasteiger partial charge in [-0.25, -0.2) is 0 Å². The van der Waals surface area contributed by atoms with E-state index in [9.17, 15) is 5.11 Å². The summed E-state index contributed by atoms with van der Waals surface area (Å²) in [6.45, 7) is 1.26. The minimum absolute atomic E-state index is 0.380. The van der Waals surface area contributed by atoms with Crippen molar-refractivity contribution < 1.29 is 9.84 Å². The minimum Gasteiger partial charge on any atom is -0.487 e. The van der Waals surface area contributed by atoms with Gasteiger partial charge in [-0.3, -0.25) is 0 Å². The molecule has 0 bridgehead atoms. The Morgan fingerprint density at radius 3 is 2.33 bits per heavy atom. The topological polar surface area (TPSA) is 41.5 Å². The van der Waals surface area contributed by atoms with Crippen molar-refractivity contribution in [1.82, 2.24) is 0 Å². The molecule has 0 aromatic heterocycles. The molecule has 3 nitrogen and oxygen atoms in total. The molecule has 138 valence electrons. The van der Waals surface area contributed by atoms with Crippen molar-refractivity contribution in [2.45, 2.75) is 38.5 Å². The molecule has 0 fully saturated rings. The predicted molar refractivity (Wildman–Crippen MR) is 109 cm³/mol. The highest BCUT2D eigenvalue weighted by atomic mass is 16.5. The van der Waals surface area contributed by atoms with Crippen LogP contribution in [0.15, 0.2) is 72.8 Å². The van der Waals surface area contributed by atoms with Gasteiger partial charge < -0.3 is 15.2 Å². The smallest absolute Gasteiger partial charge is 0.143 e. The van der Waals surface area contributed by atoms with Gasteiger partial charge in [-0.2, -0.15) is 0 Å². The van der Waals surface area contributed by atoms with E-state index in [0.717, 1.165) is 48.4 Å². The van der Waals surface area contributed by atoms with Crippen molar-refractivity contribution >= 4 is 5.69 Å². The number of aliphatic hydroxyl groups excluding tert-OH is 1. The van der Waals surface area contributed by atoms with Crippen molar-refractivity contribution in [2.24, 2.45) is 0 Å². The van der Waals surface area contributed by atoms with Gasteiger partial charge in [0.2, 0.25) is 0 Å². The van der Waals surface area contributed by atoms with Crippen LogP contribution in [0.5, 0.6) is 5.75 Å². The van der Waals surface area contributed by atoms with E-state index in [2.05, 4.69) is 29.6 Å². The molecule has 0 aliphatic heterocycles. The second-order valence-electron chi connectivity index (χ2n) is 7.03. The number of hydrogen-bond donors (Lipinski definition) is 2. The van der Waals surface area contributed by atoms with E-state index in [1.54, 1.807) is 0 Å². The van der Waals surface area contributed by atoms with Gasteiger partial charge in [0, 0.05) is 6.54 Å². The molecule has 3 aromatic carbocycles. The van der Waals surface area contributed by atoms with Gasteiger partial charge in [-0.05, 0) is 47.6 Å². The fraction of sp³-hybridized carbons (Fsp3) is 0.250. The molecule has 2 N–H and O–H groups in total. The van der Waals surface area contributed by atoms with Crippen LogP contribution in [0, 0.1) is 0 Å². The Morgan fingerprint density at radius 1 is 0.889 bits per heavy atom. The van der Waals surface area contributed by atoms with E-state index in [0.29, 0.717) is 6.61 Å². The Kier molecular flexibility index (Phi) is 5.40.